The Morgan fingerprint density at radius 1 is 0.689 bits per heavy atom. The number of hydrogen-bond acceptors (Lipinski definition) is 6. The molecule has 4 heterocycles. The summed E-state index contributed by atoms with van der Waals surface area (Å²) in [6.07, 6.45) is 13.7. The van der Waals surface area contributed by atoms with Crippen molar-refractivity contribution in [2.75, 3.05) is 29.9 Å². The average Bonchev–Trinajstić information content (AvgIpc) is 3.89. The Labute approximate surface area is 279 Å². The third-order valence-electron chi connectivity index (χ3n) is 7.78. The number of anilines is 2. The van der Waals surface area contributed by atoms with Gasteiger partial charge in [-0.1, -0.05) is 29.7 Å². The molecule has 1 atom stereocenters. The van der Waals surface area contributed by atoms with Crippen LogP contribution in [0.3, 0.4) is 0 Å². The van der Waals surface area contributed by atoms with Gasteiger partial charge in [0.25, 0.3) is 0 Å². The second-order valence-corrected chi connectivity index (χ2v) is 10.9. The van der Waals surface area contributed by atoms with Gasteiger partial charge in [0.1, 0.15) is 5.58 Å². The molecule has 0 bridgehead atoms. The third kappa shape index (κ3) is 6.95. The number of fused-ring (bicyclic) bond motifs is 3. The van der Waals surface area contributed by atoms with Crippen molar-refractivity contribution in [3.8, 4) is 0 Å². The molecule has 1 aromatic heterocycles. The van der Waals surface area contributed by atoms with Gasteiger partial charge in [0, 0.05) is 31.1 Å². The first kappa shape index (κ1) is 30.6. The molecular weight excluding hydrogens is 735 g/mol. The topological polar surface area (TPSA) is 29.3 Å². The van der Waals surface area contributed by atoms with Crippen molar-refractivity contribution in [1.29, 1.82) is 0 Å². The summed E-state index contributed by atoms with van der Waals surface area (Å²) in [5.41, 5.74) is 5.12. The van der Waals surface area contributed by atoms with Crippen molar-refractivity contribution in [2.45, 2.75) is 12.3 Å². The van der Waals surface area contributed by atoms with E-state index in [-0.39, 0.29) is 26.0 Å². The van der Waals surface area contributed by atoms with Crippen LogP contribution in [-0.4, -0.2) is 34.8 Å². The molecule has 4 aromatic carbocycles. The Morgan fingerprint density at radius 2 is 1.33 bits per heavy atom. The summed E-state index contributed by atoms with van der Waals surface area (Å²) in [4.78, 5) is 10.7. The van der Waals surface area contributed by atoms with Crippen LogP contribution in [0.15, 0.2) is 126 Å². The van der Waals surface area contributed by atoms with Gasteiger partial charge in [0.15, 0.2) is 0 Å². The number of para-hydroxylation sites is 3. The van der Waals surface area contributed by atoms with Gasteiger partial charge >= 0.3 is 0 Å². The molecule has 7 heteroatoms. The van der Waals surface area contributed by atoms with Crippen molar-refractivity contribution >= 4 is 33.3 Å². The van der Waals surface area contributed by atoms with Crippen LogP contribution >= 0.6 is 0 Å². The number of rotatable bonds is 7. The Balaban J connectivity index is 0.000000160. The SMILES string of the molecule is CN1C=CC(c2[c-]ccc3c2oc2ccccc23)[CH-]1.[Ir].[c-]1ccccc1N1C=CN(CCCN2C=CN(c3[c-]cccc3)[CH-]2)[CH-]1. The second kappa shape index (κ2) is 14.1. The molecule has 0 saturated carbocycles. The Bertz CT molecular complexity index is 1720. The first-order valence-electron chi connectivity index (χ1n) is 14.9. The molecule has 6 nitrogen and oxygen atoms in total. The molecule has 0 fully saturated rings. The van der Waals surface area contributed by atoms with Crippen LogP contribution in [0.5, 0.6) is 0 Å². The maximum atomic E-state index is 6.03. The molecule has 45 heavy (non-hydrogen) atoms. The van der Waals surface area contributed by atoms with Crippen molar-refractivity contribution in [3.05, 3.63) is 166 Å². The summed E-state index contributed by atoms with van der Waals surface area (Å²) >= 11 is 0. The number of furan rings is 1. The van der Waals surface area contributed by atoms with E-state index in [2.05, 4.69) is 124 Å². The monoisotopic (exact) mass is 768 g/mol. The molecule has 1 unspecified atom stereocenters. The summed E-state index contributed by atoms with van der Waals surface area (Å²) in [5, 5.41) is 2.34. The molecule has 5 aromatic rings. The molecule has 0 aliphatic carbocycles. The third-order valence-corrected chi connectivity index (χ3v) is 7.78. The van der Waals surface area contributed by atoms with Gasteiger partial charge in [-0.15, -0.1) is 22.9 Å². The smallest absolute Gasteiger partial charge is 0.116 e. The van der Waals surface area contributed by atoms with E-state index in [0.717, 1.165) is 47.6 Å². The molecule has 1 radical (unpaired) electrons. The molecule has 8 rings (SSSR count). The average molecular weight is 768 g/mol. The number of benzene rings is 4. The zero-order chi connectivity index (χ0) is 29.7. The van der Waals surface area contributed by atoms with Gasteiger partial charge in [0.05, 0.1) is 0 Å². The van der Waals surface area contributed by atoms with Gasteiger partial charge in [-0.05, 0) is 63.6 Å². The first-order valence-corrected chi connectivity index (χ1v) is 14.9. The van der Waals surface area contributed by atoms with Crippen LogP contribution in [-0.2, 0) is 20.1 Å². The van der Waals surface area contributed by atoms with Gasteiger partial charge in [-0.25, -0.2) is 6.54 Å². The fourth-order valence-electron chi connectivity index (χ4n) is 5.57. The predicted octanol–water partition coefficient (Wildman–Crippen LogP) is 7.89. The minimum absolute atomic E-state index is 0. The van der Waals surface area contributed by atoms with E-state index in [1.165, 1.54) is 10.8 Å². The summed E-state index contributed by atoms with van der Waals surface area (Å²) in [6, 6.07) is 38.0. The summed E-state index contributed by atoms with van der Waals surface area (Å²) in [7, 11) is 2.04. The molecule has 231 valence electrons. The van der Waals surface area contributed by atoms with E-state index >= 15 is 0 Å². The van der Waals surface area contributed by atoms with Crippen LogP contribution in [0.25, 0.3) is 21.9 Å². The summed E-state index contributed by atoms with van der Waals surface area (Å²) in [6.45, 7) is 8.35. The summed E-state index contributed by atoms with van der Waals surface area (Å²) < 4.78 is 6.03. The minimum atomic E-state index is 0. The van der Waals surface area contributed by atoms with E-state index in [1.54, 1.807) is 0 Å². The van der Waals surface area contributed by atoms with E-state index in [1.807, 2.05) is 67.7 Å². The van der Waals surface area contributed by atoms with Crippen molar-refractivity contribution < 1.29 is 24.5 Å². The zero-order valence-corrected chi connectivity index (χ0v) is 27.4. The van der Waals surface area contributed by atoms with Crippen LogP contribution in [0, 0.1) is 38.1 Å². The number of hydrogen-bond donors (Lipinski definition) is 0. The first-order chi connectivity index (χ1) is 21.7. The molecule has 0 saturated heterocycles. The molecule has 3 aliphatic rings. The maximum absolute atomic E-state index is 6.03. The Morgan fingerprint density at radius 3 is 1.93 bits per heavy atom. The van der Waals surface area contributed by atoms with Gasteiger partial charge in [0.2, 0.25) is 0 Å². The molecule has 3 aliphatic heterocycles. The van der Waals surface area contributed by atoms with Gasteiger partial charge in [-0.3, -0.25) is 0 Å². The quantitative estimate of drug-likeness (QED) is 0.157. The summed E-state index contributed by atoms with van der Waals surface area (Å²) in [5.74, 6) is 0.245. The maximum Gasteiger partial charge on any atom is 0.116 e. The van der Waals surface area contributed by atoms with Crippen molar-refractivity contribution in [2.24, 2.45) is 0 Å². The predicted molar refractivity (Wildman–Crippen MR) is 177 cm³/mol. The second-order valence-electron chi connectivity index (χ2n) is 10.9. The fraction of sp³-hybridized carbons (Fsp3) is 0.132. The molecule has 0 spiro atoms. The largest absolute Gasteiger partial charge is 0.530 e. The van der Waals surface area contributed by atoms with Gasteiger partial charge < -0.3 is 28.9 Å². The van der Waals surface area contributed by atoms with E-state index in [9.17, 15) is 0 Å². The van der Waals surface area contributed by atoms with Crippen molar-refractivity contribution in [3.63, 3.8) is 0 Å². The Kier molecular flexibility index (Phi) is 9.58. The van der Waals surface area contributed by atoms with E-state index in [0.29, 0.717) is 0 Å². The van der Waals surface area contributed by atoms with Gasteiger partial charge in [-0.2, -0.15) is 92.2 Å². The van der Waals surface area contributed by atoms with Crippen LogP contribution in [0.2, 0.25) is 0 Å². The van der Waals surface area contributed by atoms with Crippen LogP contribution < -0.4 is 9.80 Å². The molecule has 0 N–H and O–H groups in total. The standard InChI is InChI=1S/C21H20N4.C17H13NO.Ir/c1-3-8-20(9-4-1)24-16-14-22(18-24)12-7-13-23-15-17-25(19-23)21-10-5-2-6-11-21;1-18-10-9-12(11-18)13-6-4-7-15-14-5-2-3-8-16(14)19-17(13)15;/h1-6,8,10,14-19H,7,12-13H2;2-5,7-12H,1H3;/q-4;-2;. The van der Waals surface area contributed by atoms with Crippen LogP contribution in [0.4, 0.5) is 11.4 Å². The van der Waals surface area contributed by atoms with E-state index < -0.39 is 0 Å². The molecule has 0 amide bonds. The normalized spacial score (nSPS) is 17.0. The number of likely N-dealkylation sites (N-methyl/N-ethyl adjacent to an activating group) is 1. The Hall–Kier alpha value is -4.45. The number of nitrogens with zero attached hydrogens (tertiary/aromatic N) is 5. The minimum Gasteiger partial charge on any atom is -0.530 e. The van der Waals surface area contributed by atoms with E-state index in [4.69, 9.17) is 4.42 Å². The van der Waals surface area contributed by atoms with Crippen molar-refractivity contribution in [1.82, 2.24) is 14.7 Å². The molecular formula is C38H33IrN5O-6. The fourth-order valence-corrected chi connectivity index (χ4v) is 5.57. The van der Waals surface area contributed by atoms with Crippen LogP contribution in [0.1, 0.15) is 17.9 Å². The zero-order valence-electron chi connectivity index (χ0n) is 25.0.